The molecule has 8 nitrogen and oxygen atoms in total. The molecule has 19 aromatic carbocycles. The fourth-order valence-corrected chi connectivity index (χ4v) is 27.6. The largest absolute Gasteiger partial charge is 0.333 e. The third-order valence-electron chi connectivity index (χ3n) is 35.0. The van der Waals surface area contributed by atoms with Gasteiger partial charge in [-0.1, -0.05) is 333 Å². The highest BCUT2D eigenvalue weighted by molar-refractivity contribution is 6.14. The van der Waals surface area contributed by atoms with Crippen LogP contribution in [0.15, 0.2) is 437 Å². The second-order valence-electron chi connectivity index (χ2n) is 43.7. The summed E-state index contributed by atoms with van der Waals surface area (Å²) in [5.41, 5.74) is 50.8. The van der Waals surface area contributed by atoms with Gasteiger partial charge in [-0.3, -0.25) is 0 Å². The predicted octanol–water partition coefficient (Wildman–Crippen LogP) is 34.8. The number of rotatable bonds is 12. The molecule has 5 aromatic heterocycles. The summed E-state index contributed by atoms with van der Waals surface area (Å²) in [4.78, 5) is 19.3. The molecule has 3 atom stereocenters. The molecule has 31 rings (SSSR count). The zero-order valence-corrected chi connectivity index (χ0v) is 83.3. The van der Waals surface area contributed by atoms with Gasteiger partial charge in [-0.2, -0.15) is 0 Å². The van der Waals surface area contributed by atoms with Crippen LogP contribution in [0.4, 0.5) is 11.4 Å². The van der Waals surface area contributed by atoms with Gasteiger partial charge in [0.05, 0.1) is 44.7 Å². The zero-order chi connectivity index (χ0) is 98.2. The van der Waals surface area contributed by atoms with Gasteiger partial charge in [-0.05, 0) is 305 Å². The van der Waals surface area contributed by atoms with Crippen LogP contribution in [-0.4, -0.2) is 39.3 Å². The van der Waals surface area contributed by atoms with Crippen LogP contribution in [0.3, 0.4) is 0 Å². The first kappa shape index (κ1) is 84.6. The number of anilines is 2. The highest BCUT2D eigenvalue weighted by Crippen LogP contribution is 2.59. The van der Waals surface area contributed by atoms with Gasteiger partial charge >= 0.3 is 0 Å². The molecule has 7 aliphatic rings. The number of fused-ring (bicyclic) bond motifs is 27. The van der Waals surface area contributed by atoms with Crippen LogP contribution in [0.1, 0.15) is 139 Å². The summed E-state index contributed by atoms with van der Waals surface area (Å²) < 4.78 is 9.90. The van der Waals surface area contributed by atoms with E-state index >= 15 is 0 Å². The van der Waals surface area contributed by atoms with E-state index in [4.69, 9.17) is 15.0 Å². The van der Waals surface area contributed by atoms with Crippen LogP contribution in [0.2, 0.25) is 0 Å². The Morgan fingerprint density at radius 2 is 0.635 bits per heavy atom. The first-order valence-electron chi connectivity index (χ1n) is 52.3. The van der Waals surface area contributed by atoms with Gasteiger partial charge < -0.3 is 23.2 Å². The smallest absolute Gasteiger partial charge is 0.164 e. The molecule has 0 N–H and O–H groups in total. The molecule has 0 spiro atoms. The molecule has 6 aliphatic carbocycles. The lowest BCUT2D eigenvalue weighted by atomic mass is 9.73. The van der Waals surface area contributed by atoms with Gasteiger partial charge in [0.15, 0.2) is 17.5 Å². The predicted molar refractivity (Wildman–Crippen MR) is 613 cm³/mol. The van der Waals surface area contributed by atoms with E-state index in [2.05, 4.69) is 515 Å². The molecule has 24 aromatic rings. The highest BCUT2D eigenvalue weighted by atomic mass is 15.2. The Kier molecular flexibility index (Phi) is 17.8. The van der Waals surface area contributed by atoms with Gasteiger partial charge in [-0.25, -0.2) is 15.0 Å². The Bertz CT molecular complexity index is 10000. The van der Waals surface area contributed by atoms with E-state index in [-0.39, 0.29) is 28.2 Å². The monoisotopic (exact) mass is 1890 g/mol. The van der Waals surface area contributed by atoms with E-state index in [0.717, 1.165) is 74.1 Å². The maximum absolute atomic E-state index is 5.57. The van der Waals surface area contributed by atoms with Crippen molar-refractivity contribution in [2.75, 3.05) is 4.90 Å². The first-order chi connectivity index (χ1) is 72.5. The van der Waals surface area contributed by atoms with Crippen molar-refractivity contribution in [1.82, 2.24) is 33.2 Å². The molecule has 0 amide bonds. The lowest BCUT2D eigenvalue weighted by molar-refractivity contribution is 0.659. The lowest BCUT2D eigenvalue weighted by Crippen LogP contribution is -2.29. The Morgan fingerprint density at radius 3 is 1.20 bits per heavy atom. The Hall–Kier alpha value is -17.9. The van der Waals surface area contributed by atoms with Crippen LogP contribution in [0, 0.1) is 0 Å². The number of aromatic nitrogens is 7. The zero-order valence-electron chi connectivity index (χ0n) is 83.3. The SMILES string of the molecule is CC1(C)c2ccccc2-c2ccc(N3c4ccccc4C4C=C(c5ccc6c(c5)C(C)(c5ccc(-c7nc(-c8ccc(-n9c%10ccccc%10c%10ccc(C%11=Cc%12c(n(-c%13ccc%14c(c%13)C(C)(C)c%13ccccc%13-%14)c%13ccccc%12%13)CC%11)cc%109)cc8)nc(-c8ccc(-n9c%10ccccc%10c%10ccc(-c%11ccc%12c(c%11)c%11ccccc%11n%12-c%11ccc%12c(c%11)C(C)(C)c%11ccccc%11-%12)cc%109)cc8)n7)cc5)c5ccccc5-6)C=CC43)cc21. The fourth-order valence-electron chi connectivity index (χ4n) is 27.6. The quantitative estimate of drug-likeness (QED) is 0.122. The molecule has 6 heterocycles. The van der Waals surface area contributed by atoms with Crippen LogP contribution < -0.4 is 4.90 Å². The van der Waals surface area contributed by atoms with E-state index in [1.165, 1.54) is 211 Å². The van der Waals surface area contributed by atoms with Gasteiger partial charge in [0.25, 0.3) is 0 Å². The summed E-state index contributed by atoms with van der Waals surface area (Å²) in [6.45, 7) is 16.7. The molecule has 8 heteroatoms. The molecule has 0 saturated heterocycles. The topological polar surface area (TPSA) is 61.6 Å². The van der Waals surface area contributed by atoms with E-state index in [1.807, 2.05) is 0 Å². The van der Waals surface area contributed by atoms with Crippen LogP contribution in [-0.2, 0) is 28.1 Å². The number of para-hydroxylation sites is 5. The van der Waals surface area contributed by atoms with Gasteiger partial charge in [0.2, 0.25) is 0 Å². The summed E-state index contributed by atoms with van der Waals surface area (Å²) >= 11 is 0. The summed E-state index contributed by atoms with van der Waals surface area (Å²) in [6, 6.07) is 158. The van der Waals surface area contributed by atoms with Crippen LogP contribution in [0.5, 0.6) is 0 Å². The molecule has 0 saturated carbocycles. The van der Waals surface area contributed by atoms with Crippen LogP contribution >= 0.6 is 0 Å². The van der Waals surface area contributed by atoms with Crippen molar-refractivity contribution in [2.45, 2.75) is 94.9 Å². The maximum atomic E-state index is 5.57. The average molecular weight is 1890 g/mol. The number of hydrogen-bond donors (Lipinski definition) is 0. The normalized spacial score (nSPS) is 16.8. The molecule has 0 fully saturated rings. The second-order valence-corrected chi connectivity index (χ2v) is 43.7. The molecule has 0 bridgehead atoms. The maximum Gasteiger partial charge on any atom is 0.164 e. The van der Waals surface area contributed by atoms with Gasteiger partial charge in [0, 0.05) is 127 Å². The molecular formula is C140H100N8. The second kappa shape index (κ2) is 31.1. The highest BCUT2D eigenvalue weighted by Gasteiger charge is 2.46. The minimum atomic E-state index is -0.516. The van der Waals surface area contributed by atoms with E-state index in [9.17, 15) is 0 Å². The molecule has 1 aliphatic heterocycles. The summed E-state index contributed by atoms with van der Waals surface area (Å²) in [5, 5.41) is 8.52. The molecule has 148 heavy (non-hydrogen) atoms. The van der Waals surface area contributed by atoms with Crippen molar-refractivity contribution >= 4 is 105 Å². The van der Waals surface area contributed by atoms with Crippen LogP contribution in [0.25, 0.3) is 206 Å². The number of nitrogens with zero attached hydrogens (tertiary/aromatic N) is 8. The molecule has 700 valence electrons. The molecule has 3 unspecified atom stereocenters. The van der Waals surface area contributed by atoms with Crippen molar-refractivity contribution in [1.29, 1.82) is 0 Å². The van der Waals surface area contributed by atoms with E-state index < -0.39 is 5.41 Å². The minimum absolute atomic E-state index is 0.109. The third-order valence-corrected chi connectivity index (χ3v) is 35.0. The Balaban J connectivity index is 0.502. The standard InChI is InChI=1S/C140H100N8/c1-137(2)116-35-17-8-26-98(116)102-68-62-95(80-120(102)137)146-126-41-23-14-32-108(126)113-74-86(53-71-129(113)146)89-50-65-105-101-29-11-20-38-119(101)140(7,123(105)77-89)92-56-44-83(45-57-92)134-141-135(84-46-58-93(59-47-84)144-124-39-21-12-30-106(124)111-66-51-90(78-132(111)144)87-54-72-130-114(75-87)109-33-15-24-42-127(109)147(130)96-63-69-103-99-27-9-18-36-117(99)138(3,4)121(103)81-96)143-136(142-134)85-48-60-94(61-49-85)145-125-40-22-13-31-107(125)112-67-52-91(79-133(112)145)88-55-73-131-115(76-88)110-34-16-25-43-128(110)148(131)97-64-70-104-100-28-10-19-37-118(100)139(5,6)122(104)82-97/h8-54,56-72,74-82,113,129H,55,73H2,1-7H3. The van der Waals surface area contributed by atoms with Crippen molar-refractivity contribution < 1.29 is 0 Å². The van der Waals surface area contributed by atoms with Gasteiger partial charge in [-0.15, -0.1) is 0 Å². The third kappa shape index (κ3) is 12.1. The number of allylic oxidation sites excluding steroid dienone is 3. The summed E-state index contributed by atoms with van der Waals surface area (Å²) in [7, 11) is 0. The van der Waals surface area contributed by atoms with E-state index in [1.54, 1.807) is 0 Å². The first-order valence-corrected chi connectivity index (χ1v) is 52.3. The summed E-state index contributed by atoms with van der Waals surface area (Å²) in [5.74, 6) is 1.90. The molecular weight excluding hydrogens is 1790 g/mol. The Morgan fingerprint density at radius 1 is 0.257 bits per heavy atom. The fraction of sp³-hybridized carbons (Fsp3) is 0.107. The number of benzene rings is 19. The molecule has 0 radical (unpaired) electrons. The summed E-state index contributed by atoms with van der Waals surface area (Å²) in [6.07, 6.45) is 11.7. The Labute approximate surface area is 859 Å². The van der Waals surface area contributed by atoms with Crippen molar-refractivity contribution in [2.24, 2.45) is 0 Å². The average Bonchev–Trinajstić information content (AvgIpc) is 1.54. The van der Waals surface area contributed by atoms with Crippen molar-refractivity contribution in [3.63, 3.8) is 0 Å². The lowest BCUT2D eigenvalue weighted by Gasteiger charge is -2.31. The van der Waals surface area contributed by atoms with Crippen molar-refractivity contribution in [3.8, 4) is 113 Å². The van der Waals surface area contributed by atoms with Gasteiger partial charge in [0.1, 0.15) is 0 Å². The van der Waals surface area contributed by atoms with E-state index in [0.29, 0.717) is 17.5 Å². The minimum Gasteiger partial charge on any atom is -0.333 e. The van der Waals surface area contributed by atoms with Crippen molar-refractivity contribution in [3.05, 3.63) is 515 Å². The number of hydrogen-bond acceptors (Lipinski definition) is 4.